The van der Waals surface area contributed by atoms with Crippen molar-refractivity contribution < 1.29 is 26.4 Å². The summed E-state index contributed by atoms with van der Waals surface area (Å²) >= 11 is 6.24. The number of nitrogens with zero attached hydrogens (tertiary/aromatic N) is 1. The maximum absolute atomic E-state index is 13.3. The number of hydrogen-bond donors (Lipinski definition) is 2. The molecule has 0 aliphatic carbocycles. The number of sulfonamides is 2. The van der Waals surface area contributed by atoms with E-state index in [1.54, 1.807) is 18.2 Å². The quantitative estimate of drug-likeness (QED) is 0.414. The van der Waals surface area contributed by atoms with Gasteiger partial charge in [0.1, 0.15) is 10.6 Å². The fraction of sp³-hybridized carbons (Fsp3) is 0.240. The Morgan fingerprint density at radius 1 is 0.892 bits per heavy atom. The number of anilines is 2. The van der Waals surface area contributed by atoms with Crippen LogP contribution in [0.2, 0.25) is 5.02 Å². The molecule has 0 radical (unpaired) electrons. The Bertz CT molecular complexity index is 1510. The smallest absolute Gasteiger partial charge is 0.261 e. The molecule has 1 amide bonds. The van der Waals surface area contributed by atoms with E-state index in [1.165, 1.54) is 59.9 Å². The number of benzene rings is 3. The summed E-state index contributed by atoms with van der Waals surface area (Å²) in [6, 6.07) is 16.3. The second kappa shape index (κ2) is 11.1. The van der Waals surface area contributed by atoms with Crippen molar-refractivity contribution in [3.63, 3.8) is 0 Å². The first-order chi connectivity index (χ1) is 17.6. The molecule has 37 heavy (non-hydrogen) atoms. The van der Waals surface area contributed by atoms with Crippen LogP contribution >= 0.6 is 11.6 Å². The van der Waals surface area contributed by atoms with Gasteiger partial charge in [-0.2, -0.15) is 4.31 Å². The van der Waals surface area contributed by atoms with Gasteiger partial charge in [-0.1, -0.05) is 36.2 Å². The average Bonchev–Trinajstić information content (AvgIpc) is 2.90. The second-order valence-electron chi connectivity index (χ2n) is 8.40. The van der Waals surface area contributed by atoms with Gasteiger partial charge in [-0.05, 0) is 61.4 Å². The van der Waals surface area contributed by atoms with Crippen LogP contribution in [-0.4, -0.2) is 47.2 Å². The van der Waals surface area contributed by atoms with Crippen LogP contribution in [0.3, 0.4) is 0 Å². The van der Waals surface area contributed by atoms with Crippen LogP contribution in [-0.2, 0) is 20.0 Å². The molecule has 12 heteroatoms. The van der Waals surface area contributed by atoms with E-state index in [4.69, 9.17) is 16.3 Å². The molecular formula is C25H26ClN3O6S2. The van der Waals surface area contributed by atoms with Gasteiger partial charge < -0.3 is 10.1 Å². The van der Waals surface area contributed by atoms with Crippen LogP contribution in [0.15, 0.2) is 76.5 Å². The Labute approximate surface area is 221 Å². The Hall–Kier alpha value is -3.12. The fourth-order valence-corrected chi connectivity index (χ4v) is 6.95. The molecule has 1 heterocycles. The summed E-state index contributed by atoms with van der Waals surface area (Å²) in [5.74, 6) is -0.476. The molecule has 2 N–H and O–H groups in total. The van der Waals surface area contributed by atoms with E-state index in [0.717, 1.165) is 19.3 Å². The average molecular weight is 564 g/mol. The van der Waals surface area contributed by atoms with Crippen molar-refractivity contribution >= 4 is 48.9 Å². The second-order valence-corrected chi connectivity index (χ2v) is 12.4. The summed E-state index contributed by atoms with van der Waals surface area (Å²) in [7, 11) is -6.33. The first-order valence-corrected chi connectivity index (χ1v) is 14.8. The van der Waals surface area contributed by atoms with Crippen LogP contribution in [0, 0.1) is 0 Å². The molecule has 4 rings (SSSR count). The molecule has 0 spiro atoms. The van der Waals surface area contributed by atoms with Crippen molar-refractivity contribution in [1.82, 2.24) is 4.31 Å². The van der Waals surface area contributed by atoms with E-state index >= 15 is 0 Å². The summed E-state index contributed by atoms with van der Waals surface area (Å²) in [4.78, 5) is 13.1. The topological polar surface area (TPSA) is 122 Å². The van der Waals surface area contributed by atoms with Gasteiger partial charge >= 0.3 is 0 Å². The third-order valence-electron chi connectivity index (χ3n) is 5.87. The summed E-state index contributed by atoms with van der Waals surface area (Å²) in [5, 5.41) is 2.74. The highest BCUT2D eigenvalue weighted by Crippen LogP contribution is 2.32. The highest BCUT2D eigenvalue weighted by molar-refractivity contribution is 7.92. The molecule has 196 valence electrons. The molecule has 1 fully saturated rings. The van der Waals surface area contributed by atoms with Gasteiger partial charge in [-0.3, -0.25) is 9.52 Å². The number of nitrogens with one attached hydrogen (secondary N) is 2. The van der Waals surface area contributed by atoms with Crippen molar-refractivity contribution in [3.8, 4) is 5.75 Å². The number of amides is 1. The van der Waals surface area contributed by atoms with E-state index in [9.17, 15) is 21.6 Å². The zero-order valence-corrected chi connectivity index (χ0v) is 22.4. The van der Waals surface area contributed by atoms with Crippen LogP contribution in [0.1, 0.15) is 29.6 Å². The molecule has 0 unspecified atom stereocenters. The lowest BCUT2D eigenvalue weighted by atomic mass is 10.2. The molecule has 3 aromatic rings. The molecule has 1 saturated heterocycles. The minimum absolute atomic E-state index is 0.00573. The largest absolute Gasteiger partial charge is 0.495 e. The number of ether oxygens (including phenoxy) is 1. The van der Waals surface area contributed by atoms with Crippen molar-refractivity contribution in [1.29, 1.82) is 0 Å². The first-order valence-electron chi connectivity index (χ1n) is 11.5. The Kier molecular flexibility index (Phi) is 8.08. The number of piperidine rings is 1. The monoisotopic (exact) mass is 563 g/mol. The van der Waals surface area contributed by atoms with Gasteiger partial charge in [0.2, 0.25) is 10.0 Å². The Morgan fingerprint density at radius 2 is 1.57 bits per heavy atom. The van der Waals surface area contributed by atoms with E-state index in [-0.39, 0.29) is 37.5 Å². The van der Waals surface area contributed by atoms with E-state index in [0.29, 0.717) is 13.1 Å². The number of hydrogen-bond acceptors (Lipinski definition) is 6. The number of methoxy groups -OCH3 is 1. The number of rotatable bonds is 8. The van der Waals surface area contributed by atoms with E-state index in [2.05, 4.69) is 10.0 Å². The molecule has 0 saturated carbocycles. The third kappa shape index (κ3) is 6.07. The molecule has 0 atom stereocenters. The summed E-state index contributed by atoms with van der Waals surface area (Å²) in [6.45, 7) is 0.840. The van der Waals surface area contributed by atoms with Gasteiger partial charge in [0, 0.05) is 24.5 Å². The van der Waals surface area contributed by atoms with Crippen molar-refractivity contribution in [2.45, 2.75) is 29.1 Å². The minimum atomic E-state index is -3.88. The van der Waals surface area contributed by atoms with Crippen LogP contribution in [0.25, 0.3) is 0 Å². The predicted octanol–water partition coefficient (Wildman–Crippen LogP) is 4.58. The Balaban J connectivity index is 1.59. The summed E-state index contributed by atoms with van der Waals surface area (Å²) < 4.78 is 61.0. The molecular weight excluding hydrogens is 538 g/mol. The third-order valence-corrected chi connectivity index (χ3v) is 9.52. The van der Waals surface area contributed by atoms with Crippen LogP contribution in [0.5, 0.6) is 5.75 Å². The maximum atomic E-state index is 13.3. The molecule has 9 nitrogen and oxygen atoms in total. The van der Waals surface area contributed by atoms with Gasteiger partial charge in [0.15, 0.2) is 0 Å². The molecule has 3 aromatic carbocycles. The normalized spacial score (nSPS) is 14.6. The van der Waals surface area contributed by atoms with E-state index in [1.807, 2.05) is 0 Å². The lowest BCUT2D eigenvalue weighted by Gasteiger charge is -2.26. The van der Waals surface area contributed by atoms with Gasteiger partial charge in [0.25, 0.3) is 15.9 Å². The van der Waals surface area contributed by atoms with Crippen molar-refractivity contribution in [2.24, 2.45) is 0 Å². The van der Waals surface area contributed by atoms with E-state index < -0.39 is 26.0 Å². The summed E-state index contributed by atoms with van der Waals surface area (Å²) in [5.41, 5.74) is 0.361. The SMILES string of the molecule is COc1ccc(NC(=O)c2cc(NS(=O)(=O)c3ccccc3)ccc2Cl)cc1S(=O)(=O)N1CCCCC1. The maximum Gasteiger partial charge on any atom is 0.261 e. The fourth-order valence-electron chi connectivity index (χ4n) is 3.98. The number of halogens is 1. The summed E-state index contributed by atoms with van der Waals surface area (Å²) in [6.07, 6.45) is 2.53. The number of carbonyl (C=O) groups excluding carboxylic acids is 1. The molecule has 1 aliphatic heterocycles. The molecule has 0 bridgehead atoms. The lowest BCUT2D eigenvalue weighted by molar-refractivity contribution is 0.102. The van der Waals surface area contributed by atoms with Crippen molar-refractivity contribution in [3.05, 3.63) is 77.3 Å². The highest BCUT2D eigenvalue weighted by atomic mass is 35.5. The standard InChI is InChI=1S/C25H26ClN3O6S2/c1-35-23-13-11-18(17-24(23)37(33,34)29-14-6-3-7-15-29)27-25(30)21-16-19(10-12-22(21)26)28-36(31,32)20-8-4-2-5-9-20/h2,4-5,8-13,16-17,28H,3,6-7,14-15H2,1H3,(H,27,30). The minimum Gasteiger partial charge on any atom is -0.495 e. The van der Waals surface area contributed by atoms with Gasteiger partial charge in [0.05, 0.1) is 22.6 Å². The lowest BCUT2D eigenvalue weighted by Crippen LogP contribution is -2.35. The van der Waals surface area contributed by atoms with Gasteiger partial charge in [-0.25, -0.2) is 16.8 Å². The zero-order chi connectivity index (χ0) is 26.6. The van der Waals surface area contributed by atoms with Gasteiger partial charge in [-0.15, -0.1) is 0 Å². The van der Waals surface area contributed by atoms with Crippen molar-refractivity contribution in [2.75, 3.05) is 30.2 Å². The molecule has 0 aromatic heterocycles. The van der Waals surface area contributed by atoms with Crippen LogP contribution < -0.4 is 14.8 Å². The predicted molar refractivity (Wildman–Crippen MR) is 142 cm³/mol. The van der Waals surface area contributed by atoms with Crippen LogP contribution in [0.4, 0.5) is 11.4 Å². The first kappa shape index (κ1) is 26.9. The highest BCUT2D eigenvalue weighted by Gasteiger charge is 2.29. The Morgan fingerprint density at radius 3 is 2.24 bits per heavy atom. The molecule has 1 aliphatic rings. The zero-order valence-electron chi connectivity index (χ0n) is 20.0. The number of carbonyl (C=O) groups is 1.